The van der Waals surface area contributed by atoms with Gasteiger partial charge in [-0.3, -0.25) is 0 Å². The third kappa shape index (κ3) is 1.17. The number of nitrogens with one attached hydrogen (secondary N) is 1. The molecule has 0 spiro atoms. The second-order valence-electron chi connectivity index (χ2n) is 2.13. The van der Waals surface area contributed by atoms with Crippen molar-refractivity contribution in [1.29, 1.82) is 0 Å². The van der Waals surface area contributed by atoms with E-state index in [1.54, 1.807) is 11.3 Å². The Morgan fingerprint density at radius 2 is 2.33 bits per heavy atom. The standard InChI is InChI=1S/C6H5BrN4S/c7-4-1-3-5(12-4)6(11-8)10-2-9-3/h1-2H,8H2,(H,9,10,11). The first-order chi connectivity index (χ1) is 5.81. The first kappa shape index (κ1) is 7.90. The second kappa shape index (κ2) is 2.96. The number of hydrogen-bond acceptors (Lipinski definition) is 5. The zero-order chi connectivity index (χ0) is 8.55. The van der Waals surface area contributed by atoms with Gasteiger partial charge in [-0.2, -0.15) is 0 Å². The van der Waals surface area contributed by atoms with E-state index in [1.807, 2.05) is 6.07 Å². The number of anilines is 1. The molecule has 0 unspecified atom stereocenters. The van der Waals surface area contributed by atoms with Crippen molar-refractivity contribution in [3.63, 3.8) is 0 Å². The molecule has 2 aromatic heterocycles. The van der Waals surface area contributed by atoms with Crippen LogP contribution in [0.4, 0.5) is 5.82 Å². The van der Waals surface area contributed by atoms with Gasteiger partial charge in [0, 0.05) is 0 Å². The molecule has 2 rings (SSSR count). The zero-order valence-electron chi connectivity index (χ0n) is 5.91. The van der Waals surface area contributed by atoms with Crippen molar-refractivity contribution in [2.75, 3.05) is 5.43 Å². The summed E-state index contributed by atoms with van der Waals surface area (Å²) in [6, 6.07) is 1.93. The molecule has 0 aromatic carbocycles. The average Bonchev–Trinajstić information content (AvgIpc) is 2.44. The first-order valence-corrected chi connectivity index (χ1v) is 4.79. The van der Waals surface area contributed by atoms with Crippen molar-refractivity contribution in [2.45, 2.75) is 0 Å². The summed E-state index contributed by atoms with van der Waals surface area (Å²) in [4.78, 5) is 8.07. The number of aromatic nitrogens is 2. The molecule has 12 heavy (non-hydrogen) atoms. The Kier molecular flexibility index (Phi) is 1.95. The lowest BCUT2D eigenvalue weighted by Gasteiger charge is -1.96. The number of halogens is 1. The van der Waals surface area contributed by atoms with Crippen LogP contribution in [0.5, 0.6) is 0 Å². The molecule has 2 heterocycles. The third-order valence-corrected chi connectivity index (χ3v) is 3.05. The van der Waals surface area contributed by atoms with Crippen LogP contribution in [0.3, 0.4) is 0 Å². The van der Waals surface area contributed by atoms with E-state index in [2.05, 4.69) is 31.3 Å². The number of hydrazine groups is 1. The van der Waals surface area contributed by atoms with Gasteiger partial charge in [-0.1, -0.05) is 0 Å². The molecule has 0 fully saturated rings. The van der Waals surface area contributed by atoms with Crippen LogP contribution in [0.2, 0.25) is 0 Å². The van der Waals surface area contributed by atoms with Gasteiger partial charge in [0.2, 0.25) is 0 Å². The van der Waals surface area contributed by atoms with Crippen molar-refractivity contribution in [2.24, 2.45) is 5.84 Å². The van der Waals surface area contributed by atoms with Crippen molar-refractivity contribution >= 4 is 43.3 Å². The second-order valence-corrected chi connectivity index (χ2v) is 4.56. The van der Waals surface area contributed by atoms with E-state index < -0.39 is 0 Å². The van der Waals surface area contributed by atoms with Crippen LogP contribution in [0.15, 0.2) is 16.2 Å². The third-order valence-electron chi connectivity index (χ3n) is 1.42. The van der Waals surface area contributed by atoms with Crippen molar-refractivity contribution < 1.29 is 0 Å². The van der Waals surface area contributed by atoms with Crippen LogP contribution in [0.25, 0.3) is 10.2 Å². The van der Waals surface area contributed by atoms with E-state index in [0.717, 1.165) is 14.0 Å². The predicted molar refractivity (Wildman–Crippen MR) is 52.9 cm³/mol. The maximum atomic E-state index is 5.28. The summed E-state index contributed by atoms with van der Waals surface area (Å²) in [6.45, 7) is 0. The Morgan fingerprint density at radius 1 is 1.50 bits per heavy atom. The van der Waals surface area contributed by atoms with Gasteiger partial charge in [-0.15, -0.1) is 11.3 Å². The summed E-state index contributed by atoms with van der Waals surface area (Å²) < 4.78 is 1.99. The summed E-state index contributed by atoms with van der Waals surface area (Å²) in [5, 5.41) is 0. The first-order valence-electron chi connectivity index (χ1n) is 3.18. The van der Waals surface area contributed by atoms with Gasteiger partial charge in [-0.05, 0) is 22.0 Å². The molecule has 0 aliphatic heterocycles. The molecule has 2 aromatic rings. The van der Waals surface area contributed by atoms with Crippen LogP contribution < -0.4 is 11.3 Å². The van der Waals surface area contributed by atoms with Gasteiger partial charge in [0.1, 0.15) is 6.33 Å². The Labute approximate surface area is 80.9 Å². The SMILES string of the molecule is NNc1ncnc2cc(Br)sc12. The molecule has 3 N–H and O–H groups in total. The highest BCUT2D eigenvalue weighted by Gasteiger charge is 2.05. The molecule has 0 saturated heterocycles. The van der Waals surface area contributed by atoms with Crippen LogP contribution in [-0.2, 0) is 0 Å². The molecule has 0 bridgehead atoms. The molecule has 62 valence electrons. The number of nitrogen functional groups attached to an aromatic ring is 1. The molecular formula is C6H5BrN4S. The molecule has 0 aliphatic carbocycles. The van der Waals surface area contributed by atoms with Gasteiger partial charge in [-0.25, -0.2) is 15.8 Å². The van der Waals surface area contributed by atoms with Crippen LogP contribution >= 0.6 is 27.3 Å². The number of fused-ring (bicyclic) bond motifs is 1. The van der Waals surface area contributed by atoms with E-state index in [1.165, 1.54) is 6.33 Å². The lowest BCUT2D eigenvalue weighted by Crippen LogP contribution is -2.08. The molecule has 0 atom stereocenters. The highest BCUT2D eigenvalue weighted by atomic mass is 79.9. The maximum Gasteiger partial charge on any atom is 0.161 e. The Hall–Kier alpha value is -0.720. The lowest BCUT2D eigenvalue weighted by molar-refractivity contribution is 1.19. The number of rotatable bonds is 1. The zero-order valence-corrected chi connectivity index (χ0v) is 8.32. The largest absolute Gasteiger partial charge is 0.307 e. The molecular weight excluding hydrogens is 240 g/mol. The van der Waals surface area contributed by atoms with Crippen molar-refractivity contribution in [1.82, 2.24) is 9.97 Å². The monoisotopic (exact) mass is 244 g/mol. The molecule has 0 radical (unpaired) electrons. The summed E-state index contributed by atoms with van der Waals surface area (Å²) in [5.41, 5.74) is 3.42. The molecule has 4 nitrogen and oxygen atoms in total. The Bertz CT molecular complexity index is 413. The van der Waals surface area contributed by atoms with Crippen molar-refractivity contribution in [3.05, 3.63) is 16.2 Å². The summed E-state index contributed by atoms with van der Waals surface area (Å²) >= 11 is 4.92. The van der Waals surface area contributed by atoms with E-state index in [4.69, 9.17) is 5.84 Å². The fourth-order valence-corrected chi connectivity index (χ4v) is 2.42. The van der Waals surface area contributed by atoms with Gasteiger partial charge in [0.25, 0.3) is 0 Å². The average molecular weight is 245 g/mol. The smallest absolute Gasteiger partial charge is 0.161 e. The number of nitrogens with zero attached hydrogens (tertiary/aromatic N) is 2. The topological polar surface area (TPSA) is 63.8 Å². The van der Waals surface area contributed by atoms with E-state index in [9.17, 15) is 0 Å². The number of thiophene rings is 1. The summed E-state index contributed by atoms with van der Waals surface area (Å²) in [6.07, 6.45) is 1.48. The van der Waals surface area contributed by atoms with Crippen LogP contribution in [0, 0.1) is 0 Å². The summed E-state index contributed by atoms with van der Waals surface area (Å²) in [7, 11) is 0. The van der Waals surface area contributed by atoms with E-state index >= 15 is 0 Å². The molecule has 0 saturated carbocycles. The molecule has 0 amide bonds. The van der Waals surface area contributed by atoms with Gasteiger partial charge in [0.15, 0.2) is 5.82 Å². The molecule has 6 heteroatoms. The Balaban J connectivity index is 2.78. The van der Waals surface area contributed by atoms with Gasteiger partial charge in [0.05, 0.1) is 14.0 Å². The number of nitrogens with two attached hydrogens (primary N) is 1. The minimum Gasteiger partial charge on any atom is -0.307 e. The van der Waals surface area contributed by atoms with Crippen LogP contribution in [-0.4, -0.2) is 9.97 Å². The fourth-order valence-electron chi connectivity index (χ4n) is 0.928. The molecule has 0 aliphatic rings. The van der Waals surface area contributed by atoms with E-state index in [0.29, 0.717) is 5.82 Å². The minimum absolute atomic E-state index is 0.663. The fraction of sp³-hybridized carbons (Fsp3) is 0. The van der Waals surface area contributed by atoms with Gasteiger partial charge < -0.3 is 5.43 Å². The minimum atomic E-state index is 0.663. The quantitative estimate of drug-likeness (QED) is 0.593. The Morgan fingerprint density at radius 3 is 3.08 bits per heavy atom. The van der Waals surface area contributed by atoms with Crippen LogP contribution in [0.1, 0.15) is 0 Å². The maximum absolute atomic E-state index is 5.28. The highest BCUT2D eigenvalue weighted by Crippen LogP contribution is 2.31. The van der Waals surface area contributed by atoms with E-state index in [-0.39, 0.29) is 0 Å². The number of hydrogen-bond donors (Lipinski definition) is 2. The summed E-state index contributed by atoms with van der Waals surface area (Å²) in [5.74, 6) is 5.94. The van der Waals surface area contributed by atoms with Gasteiger partial charge >= 0.3 is 0 Å². The normalized spacial score (nSPS) is 10.5. The van der Waals surface area contributed by atoms with Crippen molar-refractivity contribution in [3.8, 4) is 0 Å². The lowest BCUT2D eigenvalue weighted by atomic mass is 10.4. The highest BCUT2D eigenvalue weighted by molar-refractivity contribution is 9.11. The predicted octanol–water partition coefficient (Wildman–Crippen LogP) is 1.74.